The number of halogens is 1. The van der Waals surface area contributed by atoms with Crippen molar-refractivity contribution in [1.82, 2.24) is 4.98 Å². The van der Waals surface area contributed by atoms with E-state index in [0.717, 1.165) is 5.56 Å². The number of hydrogen-bond acceptors (Lipinski definition) is 3. The molecule has 4 nitrogen and oxygen atoms in total. The number of rotatable bonds is 4. The Kier molecular flexibility index (Phi) is 3.91. The van der Waals surface area contributed by atoms with E-state index in [-0.39, 0.29) is 0 Å². The molecule has 15 heavy (non-hydrogen) atoms. The zero-order valence-corrected chi connectivity index (χ0v) is 9.38. The summed E-state index contributed by atoms with van der Waals surface area (Å²) >= 11 is 5.84. The van der Waals surface area contributed by atoms with E-state index in [1.165, 1.54) is 0 Å². The summed E-state index contributed by atoms with van der Waals surface area (Å²) in [5, 5.41) is 12.0. The Morgan fingerprint density at radius 1 is 1.73 bits per heavy atom. The van der Waals surface area contributed by atoms with Crippen LogP contribution in [-0.4, -0.2) is 22.1 Å². The van der Waals surface area contributed by atoms with E-state index < -0.39 is 12.0 Å². The van der Waals surface area contributed by atoms with Crippen LogP contribution in [0.25, 0.3) is 0 Å². The van der Waals surface area contributed by atoms with Gasteiger partial charge in [-0.05, 0) is 25.0 Å². The topological polar surface area (TPSA) is 62.2 Å². The van der Waals surface area contributed by atoms with Crippen molar-refractivity contribution in [2.24, 2.45) is 0 Å². The quantitative estimate of drug-likeness (QED) is 0.777. The number of anilines is 1. The van der Waals surface area contributed by atoms with Crippen LogP contribution >= 0.6 is 11.6 Å². The molecule has 1 rings (SSSR count). The normalized spacial score (nSPS) is 12.2. The Balaban J connectivity index is 2.87. The van der Waals surface area contributed by atoms with Crippen molar-refractivity contribution in [3.63, 3.8) is 0 Å². The molecule has 0 aliphatic heterocycles. The summed E-state index contributed by atoms with van der Waals surface area (Å²) in [5.74, 6) is -0.893. The van der Waals surface area contributed by atoms with E-state index in [2.05, 4.69) is 10.3 Å². The number of pyridine rings is 1. The molecule has 1 unspecified atom stereocenters. The molecule has 0 fully saturated rings. The minimum Gasteiger partial charge on any atom is -0.480 e. The highest BCUT2D eigenvalue weighted by Gasteiger charge is 2.15. The van der Waals surface area contributed by atoms with Crippen LogP contribution in [0.3, 0.4) is 0 Å². The van der Waals surface area contributed by atoms with Crippen LogP contribution in [0.4, 0.5) is 5.69 Å². The zero-order valence-electron chi connectivity index (χ0n) is 8.62. The van der Waals surface area contributed by atoms with E-state index in [1.54, 1.807) is 19.2 Å². The molecule has 1 aromatic rings. The first-order valence-electron chi connectivity index (χ1n) is 4.66. The van der Waals surface area contributed by atoms with Crippen LogP contribution in [0.15, 0.2) is 12.3 Å². The number of aliphatic carboxylic acids is 1. The van der Waals surface area contributed by atoms with Gasteiger partial charge in [0.2, 0.25) is 0 Å². The summed E-state index contributed by atoms with van der Waals surface area (Å²) in [6.07, 6.45) is 2.12. The molecule has 0 saturated carbocycles. The van der Waals surface area contributed by atoms with Gasteiger partial charge in [0.1, 0.15) is 6.04 Å². The maximum Gasteiger partial charge on any atom is 0.326 e. The van der Waals surface area contributed by atoms with Crippen molar-refractivity contribution >= 4 is 23.3 Å². The number of aryl methyl sites for hydroxylation is 1. The number of hydrogen-bond donors (Lipinski definition) is 2. The molecule has 1 atom stereocenters. The highest BCUT2D eigenvalue weighted by atomic mass is 35.5. The van der Waals surface area contributed by atoms with Crippen molar-refractivity contribution in [1.29, 1.82) is 0 Å². The molecule has 0 saturated heterocycles. The average molecular weight is 229 g/mol. The molecule has 82 valence electrons. The summed E-state index contributed by atoms with van der Waals surface area (Å²) in [6.45, 7) is 3.67. The lowest BCUT2D eigenvalue weighted by atomic mass is 10.2. The van der Waals surface area contributed by atoms with Crippen molar-refractivity contribution in [2.45, 2.75) is 26.3 Å². The summed E-state index contributed by atoms with van der Waals surface area (Å²) in [4.78, 5) is 14.7. The Hall–Kier alpha value is -1.29. The third-order valence-corrected chi connectivity index (χ3v) is 2.31. The highest BCUT2D eigenvalue weighted by molar-refractivity contribution is 6.32. The first-order chi connectivity index (χ1) is 7.04. The third kappa shape index (κ3) is 3.09. The summed E-state index contributed by atoms with van der Waals surface area (Å²) in [6, 6.07) is 1.15. The monoisotopic (exact) mass is 228 g/mol. The molecule has 0 bridgehead atoms. The molecule has 0 aromatic carbocycles. The second-order valence-electron chi connectivity index (χ2n) is 3.29. The maximum atomic E-state index is 10.8. The molecule has 5 heteroatoms. The van der Waals surface area contributed by atoms with Crippen LogP contribution in [-0.2, 0) is 4.79 Å². The number of carboxylic acid groups (broad SMARTS) is 1. The van der Waals surface area contributed by atoms with E-state index in [4.69, 9.17) is 16.7 Å². The molecule has 2 N–H and O–H groups in total. The molecule has 0 amide bonds. The lowest BCUT2D eigenvalue weighted by Gasteiger charge is -2.14. The molecule has 1 heterocycles. The van der Waals surface area contributed by atoms with Gasteiger partial charge >= 0.3 is 5.97 Å². The zero-order chi connectivity index (χ0) is 11.4. The van der Waals surface area contributed by atoms with Crippen LogP contribution in [0.2, 0.25) is 5.15 Å². The lowest BCUT2D eigenvalue weighted by molar-refractivity contribution is -0.137. The minimum atomic E-state index is -0.893. The predicted octanol–water partition coefficient (Wildman–Crippen LogP) is 2.32. The van der Waals surface area contributed by atoms with E-state index in [0.29, 0.717) is 17.3 Å². The smallest absolute Gasteiger partial charge is 0.326 e. The fraction of sp³-hybridized carbons (Fsp3) is 0.400. The van der Waals surface area contributed by atoms with Gasteiger partial charge in [0.05, 0.1) is 5.69 Å². The maximum absolute atomic E-state index is 10.8. The molecular formula is C10H13ClN2O2. The summed E-state index contributed by atoms with van der Waals surface area (Å²) < 4.78 is 0. The van der Waals surface area contributed by atoms with Crippen LogP contribution < -0.4 is 5.32 Å². The fourth-order valence-corrected chi connectivity index (χ4v) is 1.34. The Morgan fingerprint density at radius 3 is 2.93 bits per heavy atom. The molecule has 0 aliphatic rings. The largest absolute Gasteiger partial charge is 0.480 e. The fourth-order valence-electron chi connectivity index (χ4n) is 1.18. The number of nitrogens with one attached hydrogen (secondary N) is 1. The van der Waals surface area contributed by atoms with Crippen LogP contribution in [0.1, 0.15) is 18.9 Å². The standard InChI is InChI=1S/C10H13ClN2O2/c1-3-7(10(14)15)13-8-4-6(2)5-12-9(8)11/h4-5,7,13H,3H2,1-2H3,(H,14,15). The molecule has 0 spiro atoms. The van der Waals surface area contributed by atoms with Gasteiger partial charge in [0, 0.05) is 6.20 Å². The van der Waals surface area contributed by atoms with Gasteiger partial charge in [-0.3, -0.25) is 0 Å². The number of carboxylic acids is 1. The van der Waals surface area contributed by atoms with Gasteiger partial charge in [0.25, 0.3) is 0 Å². The predicted molar refractivity (Wildman–Crippen MR) is 59.3 cm³/mol. The van der Waals surface area contributed by atoms with E-state index >= 15 is 0 Å². The van der Waals surface area contributed by atoms with Crippen LogP contribution in [0.5, 0.6) is 0 Å². The Labute approximate surface area is 93.3 Å². The minimum absolute atomic E-state index is 0.292. The van der Waals surface area contributed by atoms with Gasteiger partial charge < -0.3 is 10.4 Å². The SMILES string of the molecule is CCC(Nc1cc(C)cnc1Cl)C(=O)O. The summed E-state index contributed by atoms with van der Waals surface area (Å²) in [5.41, 5.74) is 1.49. The van der Waals surface area contributed by atoms with Crippen molar-refractivity contribution in [2.75, 3.05) is 5.32 Å². The van der Waals surface area contributed by atoms with Gasteiger partial charge in [-0.15, -0.1) is 0 Å². The number of carbonyl (C=O) groups is 1. The first kappa shape index (κ1) is 11.8. The first-order valence-corrected chi connectivity index (χ1v) is 5.04. The van der Waals surface area contributed by atoms with Crippen molar-refractivity contribution in [3.8, 4) is 0 Å². The van der Waals surface area contributed by atoms with Gasteiger partial charge in [-0.25, -0.2) is 9.78 Å². The van der Waals surface area contributed by atoms with Gasteiger partial charge in [-0.1, -0.05) is 18.5 Å². The molecular weight excluding hydrogens is 216 g/mol. The average Bonchev–Trinajstić information content (AvgIpc) is 2.18. The second-order valence-corrected chi connectivity index (χ2v) is 3.65. The van der Waals surface area contributed by atoms with Crippen molar-refractivity contribution < 1.29 is 9.90 Å². The molecule has 0 aliphatic carbocycles. The Bertz CT molecular complexity index is 368. The van der Waals surface area contributed by atoms with Gasteiger partial charge in [0.15, 0.2) is 5.15 Å². The second kappa shape index (κ2) is 4.98. The Morgan fingerprint density at radius 2 is 2.40 bits per heavy atom. The summed E-state index contributed by atoms with van der Waals surface area (Å²) in [7, 11) is 0. The number of nitrogens with zero attached hydrogens (tertiary/aromatic N) is 1. The lowest BCUT2D eigenvalue weighted by Crippen LogP contribution is -2.28. The van der Waals surface area contributed by atoms with E-state index in [1.807, 2.05) is 6.92 Å². The third-order valence-electron chi connectivity index (χ3n) is 2.01. The van der Waals surface area contributed by atoms with Crippen LogP contribution in [0, 0.1) is 6.92 Å². The number of aromatic nitrogens is 1. The highest BCUT2D eigenvalue weighted by Crippen LogP contribution is 2.21. The molecule has 0 radical (unpaired) electrons. The van der Waals surface area contributed by atoms with Crippen molar-refractivity contribution in [3.05, 3.63) is 23.0 Å². The van der Waals surface area contributed by atoms with Gasteiger partial charge in [-0.2, -0.15) is 0 Å². The molecule has 1 aromatic heterocycles. The van der Waals surface area contributed by atoms with E-state index in [9.17, 15) is 4.79 Å².